The Labute approximate surface area is 134 Å². The lowest BCUT2D eigenvalue weighted by Crippen LogP contribution is -2.26. The number of carbonyl (C=O) groups excluding carboxylic acids is 1. The average Bonchev–Trinajstić information content (AvgIpc) is 2.91. The molecular weight excluding hydrogens is 284 g/mol. The summed E-state index contributed by atoms with van der Waals surface area (Å²) in [5.74, 6) is 0.759. The van der Waals surface area contributed by atoms with Crippen LogP contribution in [0.3, 0.4) is 0 Å². The van der Waals surface area contributed by atoms with Crippen molar-refractivity contribution in [3.63, 3.8) is 0 Å². The van der Waals surface area contributed by atoms with Crippen molar-refractivity contribution >= 4 is 18.3 Å². The molecule has 0 radical (unpaired) electrons. The highest BCUT2D eigenvalue weighted by molar-refractivity contribution is 5.94. The predicted molar refractivity (Wildman–Crippen MR) is 90.3 cm³/mol. The molecule has 0 aliphatic carbocycles. The molecule has 1 aliphatic heterocycles. The van der Waals surface area contributed by atoms with E-state index < -0.39 is 0 Å². The van der Waals surface area contributed by atoms with E-state index in [1.54, 1.807) is 0 Å². The third kappa shape index (κ3) is 5.33. The molecule has 1 unspecified atom stereocenters. The molecule has 3 nitrogen and oxygen atoms in total. The van der Waals surface area contributed by atoms with Crippen molar-refractivity contribution in [2.45, 2.75) is 39.0 Å². The van der Waals surface area contributed by atoms with Crippen LogP contribution in [0.4, 0.5) is 0 Å². The van der Waals surface area contributed by atoms with Gasteiger partial charge in [0.15, 0.2) is 0 Å². The van der Waals surface area contributed by atoms with Gasteiger partial charge in [-0.25, -0.2) is 0 Å². The largest absolute Gasteiger partial charge is 0.352 e. The van der Waals surface area contributed by atoms with Gasteiger partial charge in [-0.05, 0) is 55.0 Å². The summed E-state index contributed by atoms with van der Waals surface area (Å²) in [6, 6.07) is 7.95. The molecule has 1 heterocycles. The zero-order valence-electron chi connectivity index (χ0n) is 13.2. The Morgan fingerprint density at radius 1 is 1.29 bits per heavy atom. The third-order valence-electron chi connectivity index (χ3n) is 4.01. The molecule has 21 heavy (non-hydrogen) atoms. The van der Waals surface area contributed by atoms with Crippen molar-refractivity contribution in [2.75, 3.05) is 19.6 Å². The molecule has 118 valence electrons. The Kier molecular flexibility index (Phi) is 6.69. The van der Waals surface area contributed by atoms with Gasteiger partial charge in [0.25, 0.3) is 5.91 Å². The summed E-state index contributed by atoms with van der Waals surface area (Å²) >= 11 is 0. The highest BCUT2D eigenvalue weighted by Crippen LogP contribution is 2.22. The smallest absolute Gasteiger partial charge is 0.251 e. The van der Waals surface area contributed by atoms with Crippen LogP contribution in [0, 0.1) is 5.92 Å². The van der Waals surface area contributed by atoms with Crippen molar-refractivity contribution in [2.24, 2.45) is 5.92 Å². The van der Waals surface area contributed by atoms with Crippen molar-refractivity contribution in [1.29, 1.82) is 0 Å². The van der Waals surface area contributed by atoms with Gasteiger partial charge in [-0.2, -0.15) is 0 Å². The first kappa shape index (κ1) is 18.0. The highest BCUT2D eigenvalue weighted by Gasteiger charge is 2.16. The molecule has 1 saturated heterocycles. The summed E-state index contributed by atoms with van der Waals surface area (Å²) in [4.78, 5) is 12.1. The van der Waals surface area contributed by atoms with Gasteiger partial charge >= 0.3 is 0 Å². The highest BCUT2D eigenvalue weighted by atomic mass is 35.5. The molecule has 1 aliphatic rings. The first-order valence-electron chi connectivity index (χ1n) is 7.56. The second-order valence-corrected chi connectivity index (χ2v) is 6.73. The summed E-state index contributed by atoms with van der Waals surface area (Å²) in [7, 11) is 0. The van der Waals surface area contributed by atoms with Crippen LogP contribution in [-0.4, -0.2) is 25.5 Å². The number of nitrogens with one attached hydrogen (secondary N) is 2. The summed E-state index contributed by atoms with van der Waals surface area (Å²) in [6.45, 7) is 9.52. The standard InChI is InChI=1S/C17H26N2O.ClH/c1-17(2,3)15-6-4-14(5-7-15)16(20)19-11-9-13-8-10-18-12-13;/h4-7,13,18H,8-12H2,1-3H3,(H,19,20);1H. The number of carbonyl (C=O) groups is 1. The van der Waals surface area contributed by atoms with Gasteiger partial charge in [-0.1, -0.05) is 32.9 Å². The molecule has 1 aromatic carbocycles. The quantitative estimate of drug-likeness (QED) is 0.897. The monoisotopic (exact) mass is 310 g/mol. The van der Waals surface area contributed by atoms with E-state index in [-0.39, 0.29) is 23.7 Å². The van der Waals surface area contributed by atoms with Crippen LogP contribution in [0.25, 0.3) is 0 Å². The van der Waals surface area contributed by atoms with E-state index in [4.69, 9.17) is 0 Å². The lowest BCUT2D eigenvalue weighted by atomic mass is 9.87. The number of benzene rings is 1. The lowest BCUT2D eigenvalue weighted by Gasteiger charge is -2.19. The fourth-order valence-corrected chi connectivity index (χ4v) is 2.57. The summed E-state index contributed by atoms with van der Waals surface area (Å²) < 4.78 is 0. The van der Waals surface area contributed by atoms with Crippen LogP contribution < -0.4 is 10.6 Å². The fourth-order valence-electron chi connectivity index (χ4n) is 2.57. The molecule has 1 fully saturated rings. The van der Waals surface area contributed by atoms with Crippen LogP contribution in [0.1, 0.15) is 49.5 Å². The number of hydrogen-bond acceptors (Lipinski definition) is 2. The van der Waals surface area contributed by atoms with Gasteiger partial charge in [-0.3, -0.25) is 4.79 Å². The van der Waals surface area contributed by atoms with Crippen molar-refractivity contribution in [3.8, 4) is 0 Å². The van der Waals surface area contributed by atoms with E-state index in [0.717, 1.165) is 37.5 Å². The van der Waals surface area contributed by atoms with E-state index in [1.807, 2.05) is 12.1 Å². The molecule has 0 bridgehead atoms. The van der Waals surface area contributed by atoms with Crippen molar-refractivity contribution < 1.29 is 4.79 Å². The molecule has 1 aromatic rings. The Hall–Kier alpha value is -1.06. The van der Waals surface area contributed by atoms with Gasteiger partial charge in [0.2, 0.25) is 0 Å². The van der Waals surface area contributed by atoms with E-state index in [9.17, 15) is 4.79 Å². The number of halogens is 1. The SMILES string of the molecule is CC(C)(C)c1ccc(C(=O)NCCC2CCNC2)cc1.Cl. The Morgan fingerprint density at radius 2 is 1.95 bits per heavy atom. The van der Waals surface area contributed by atoms with E-state index in [2.05, 4.69) is 43.5 Å². The number of rotatable bonds is 4. The fraction of sp³-hybridized carbons (Fsp3) is 0.588. The van der Waals surface area contributed by atoms with Crippen molar-refractivity contribution in [1.82, 2.24) is 10.6 Å². The van der Waals surface area contributed by atoms with Crippen LogP contribution in [-0.2, 0) is 5.41 Å². The molecule has 2 rings (SSSR count). The second kappa shape index (κ2) is 7.81. The summed E-state index contributed by atoms with van der Waals surface area (Å²) in [5.41, 5.74) is 2.14. The number of hydrogen-bond donors (Lipinski definition) is 2. The van der Waals surface area contributed by atoms with Crippen LogP contribution in [0.5, 0.6) is 0 Å². The zero-order valence-corrected chi connectivity index (χ0v) is 14.1. The molecule has 1 amide bonds. The maximum atomic E-state index is 12.1. The van der Waals surface area contributed by atoms with Gasteiger partial charge in [0, 0.05) is 12.1 Å². The van der Waals surface area contributed by atoms with E-state index >= 15 is 0 Å². The third-order valence-corrected chi connectivity index (χ3v) is 4.01. The topological polar surface area (TPSA) is 41.1 Å². The van der Waals surface area contributed by atoms with Gasteiger partial charge in [0.05, 0.1) is 0 Å². The molecular formula is C17H27ClN2O. The van der Waals surface area contributed by atoms with Gasteiger partial charge < -0.3 is 10.6 Å². The van der Waals surface area contributed by atoms with E-state index in [1.165, 1.54) is 12.0 Å². The van der Waals surface area contributed by atoms with Crippen LogP contribution in [0.15, 0.2) is 24.3 Å². The van der Waals surface area contributed by atoms with Gasteiger partial charge in [0.1, 0.15) is 0 Å². The van der Waals surface area contributed by atoms with Crippen LogP contribution >= 0.6 is 12.4 Å². The van der Waals surface area contributed by atoms with E-state index in [0.29, 0.717) is 0 Å². The minimum atomic E-state index is 0. The molecule has 4 heteroatoms. The Balaban J connectivity index is 0.00000220. The molecule has 0 saturated carbocycles. The molecule has 2 N–H and O–H groups in total. The predicted octanol–water partition coefficient (Wildman–Crippen LogP) is 3.14. The number of amides is 1. The molecule has 0 spiro atoms. The Bertz CT molecular complexity index is 445. The zero-order chi connectivity index (χ0) is 14.6. The second-order valence-electron chi connectivity index (χ2n) is 6.73. The average molecular weight is 311 g/mol. The lowest BCUT2D eigenvalue weighted by molar-refractivity contribution is 0.0951. The maximum absolute atomic E-state index is 12.1. The van der Waals surface area contributed by atoms with Gasteiger partial charge in [-0.15, -0.1) is 12.4 Å². The molecule has 1 atom stereocenters. The van der Waals surface area contributed by atoms with Crippen LogP contribution in [0.2, 0.25) is 0 Å². The maximum Gasteiger partial charge on any atom is 0.251 e. The molecule has 0 aromatic heterocycles. The first-order valence-corrected chi connectivity index (χ1v) is 7.56. The summed E-state index contributed by atoms with van der Waals surface area (Å²) in [5, 5.41) is 6.37. The minimum absolute atomic E-state index is 0. The normalized spacial score (nSPS) is 18.1. The van der Waals surface area contributed by atoms with Crippen molar-refractivity contribution in [3.05, 3.63) is 35.4 Å². The first-order chi connectivity index (χ1) is 9.47. The Morgan fingerprint density at radius 3 is 2.48 bits per heavy atom. The summed E-state index contributed by atoms with van der Waals surface area (Å²) in [6.07, 6.45) is 2.30. The minimum Gasteiger partial charge on any atom is -0.352 e.